The van der Waals surface area contributed by atoms with Gasteiger partial charge in [0.1, 0.15) is 0 Å². The lowest BCUT2D eigenvalue weighted by Gasteiger charge is -2.42. The van der Waals surface area contributed by atoms with Crippen molar-refractivity contribution >= 4 is 5.84 Å². The van der Waals surface area contributed by atoms with Crippen molar-refractivity contribution in [3.05, 3.63) is 0 Å². The van der Waals surface area contributed by atoms with Crippen LogP contribution in [-0.2, 0) is 0 Å². The molecule has 1 aliphatic heterocycles. The molecule has 1 N–H and O–H groups in total. The fraction of sp³-hybridized carbons (Fsp3) is 0.889. The van der Waals surface area contributed by atoms with Gasteiger partial charge in [-0.25, -0.2) is 0 Å². The Hall–Kier alpha value is -0.530. The number of nitrogens with one attached hydrogen (secondary N) is 1. The Morgan fingerprint density at radius 2 is 1.82 bits per heavy atom. The third kappa shape index (κ3) is 1.39. The number of hydrogen-bond donors (Lipinski definition) is 1. The lowest BCUT2D eigenvalue weighted by Crippen LogP contribution is -2.51. The molecule has 0 aromatic rings. The summed E-state index contributed by atoms with van der Waals surface area (Å²) in [5.74, 6) is 1.06. The fourth-order valence-corrected chi connectivity index (χ4v) is 1.18. The smallest absolute Gasteiger partial charge is 0.0938 e. The van der Waals surface area contributed by atoms with Gasteiger partial charge >= 0.3 is 0 Å². The SMILES string of the molecule is CC1=NC(C)(C)C(C)(C)CN1. The first-order valence-electron chi connectivity index (χ1n) is 4.15. The Bertz CT molecular complexity index is 190. The van der Waals surface area contributed by atoms with E-state index in [0.717, 1.165) is 12.4 Å². The normalized spacial score (nSPS) is 27.2. The Balaban J connectivity index is 2.95. The van der Waals surface area contributed by atoms with E-state index in [1.165, 1.54) is 0 Å². The van der Waals surface area contributed by atoms with E-state index >= 15 is 0 Å². The summed E-state index contributed by atoms with van der Waals surface area (Å²) in [4.78, 5) is 4.57. The molecule has 64 valence electrons. The molecule has 1 aliphatic rings. The van der Waals surface area contributed by atoms with Gasteiger partial charge in [-0.2, -0.15) is 0 Å². The second kappa shape index (κ2) is 2.23. The molecule has 0 aliphatic carbocycles. The predicted octanol–water partition coefficient (Wildman–Crippen LogP) is 1.81. The molecule has 0 amide bonds. The molecule has 11 heavy (non-hydrogen) atoms. The molecule has 0 radical (unpaired) electrons. The third-order valence-electron chi connectivity index (χ3n) is 2.89. The van der Waals surface area contributed by atoms with Gasteiger partial charge in [-0.3, -0.25) is 4.99 Å². The fourth-order valence-electron chi connectivity index (χ4n) is 1.18. The monoisotopic (exact) mass is 154 g/mol. The number of hydrogen-bond acceptors (Lipinski definition) is 2. The molecule has 2 nitrogen and oxygen atoms in total. The minimum absolute atomic E-state index is 0.0718. The summed E-state index contributed by atoms with van der Waals surface area (Å²) in [6, 6.07) is 0. The van der Waals surface area contributed by atoms with Crippen molar-refractivity contribution in [2.24, 2.45) is 10.4 Å². The quantitative estimate of drug-likeness (QED) is 0.565. The van der Waals surface area contributed by atoms with Crippen molar-refractivity contribution in [1.29, 1.82) is 0 Å². The molecule has 0 aromatic heterocycles. The van der Waals surface area contributed by atoms with Gasteiger partial charge in [0.2, 0.25) is 0 Å². The Labute approximate surface area is 69.1 Å². The molecule has 1 rings (SSSR count). The predicted molar refractivity (Wildman–Crippen MR) is 49.0 cm³/mol. The van der Waals surface area contributed by atoms with Crippen LogP contribution in [0, 0.1) is 5.41 Å². The second-order valence-corrected chi connectivity index (χ2v) is 4.49. The molecular weight excluding hydrogens is 136 g/mol. The average molecular weight is 154 g/mol. The standard InChI is InChI=1S/C9H18N2/c1-7-10-6-8(2,3)9(4,5)11-7/h6H2,1-5H3,(H,10,11). The minimum Gasteiger partial charge on any atom is -0.373 e. The Kier molecular flexibility index (Phi) is 1.73. The van der Waals surface area contributed by atoms with E-state index in [1.54, 1.807) is 0 Å². The summed E-state index contributed by atoms with van der Waals surface area (Å²) in [7, 11) is 0. The first kappa shape index (κ1) is 8.57. The highest BCUT2D eigenvalue weighted by molar-refractivity contribution is 5.80. The molecule has 0 aromatic carbocycles. The van der Waals surface area contributed by atoms with E-state index in [1.807, 2.05) is 6.92 Å². The number of nitrogens with zero attached hydrogens (tertiary/aromatic N) is 1. The zero-order chi connectivity index (χ0) is 8.70. The van der Waals surface area contributed by atoms with Crippen molar-refractivity contribution in [2.45, 2.75) is 40.2 Å². The zero-order valence-electron chi connectivity index (χ0n) is 8.15. The van der Waals surface area contributed by atoms with Crippen LogP contribution in [0.5, 0.6) is 0 Å². The molecule has 0 spiro atoms. The maximum Gasteiger partial charge on any atom is 0.0938 e. The molecular formula is C9H18N2. The molecule has 1 heterocycles. The summed E-state index contributed by atoms with van der Waals surface area (Å²) >= 11 is 0. The average Bonchev–Trinajstić information content (AvgIpc) is 1.80. The Morgan fingerprint density at radius 3 is 2.18 bits per heavy atom. The third-order valence-corrected chi connectivity index (χ3v) is 2.89. The van der Waals surface area contributed by atoms with Crippen LogP contribution in [0.15, 0.2) is 4.99 Å². The van der Waals surface area contributed by atoms with E-state index in [0.29, 0.717) is 0 Å². The highest BCUT2D eigenvalue weighted by atomic mass is 15.1. The van der Waals surface area contributed by atoms with Crippen LogP contribution < -0.4 is 5.32 Å². The summed E-state index contributed by atoms with van der Waals surface area (Å²) in [6.45, 7) is 11.9. The van der Waals surface area contributed by atoms with Gasteiger partial charge in [-0.15, -0.1) is 0 Å². The number of rotatable bonds is 0. The van der Waals surface area contributed by atoms with Crippen LogP contribution in [0.3, 0.4) is 0 Å². The van der Waals surface area contributed by atoms with E-state index in [4.69, 9.17) is 0 Å². The van der Waals surface area contributed by atoms with Crippen molar-refractivity contribution in [3.8, 4) is 0 Å². The molecule has 0 saturated carbocycles. The van der Waals surface area contributed by atoms with Crippen LogP contribution in [0.1, 0.15) is 34.6 Å². The van der Waals surface area contributed by atoms with Crippen molar-refractivity contribution in [3.63, 3.8) is 0 Å². The summed E-state index contributed by atoms with van der Waals surface area (Å²) in [6.07, 6.45) is 0. The Morgan fingerprint density at radius 1 is 1.27 bits per heavy atom. The van der Waals surface area contributed by atoms with Crippen LogP contribution in [0.25, 0.3) is 0 Å². The van der Waals surface area contributed by atoms with E-state index < -0.39 is 0 Å². The van der Waals surface area contributed by atoms with E-state index in [2.05, 4.69) is 38.0 Å². The summed E-state index contributed by atoms with van der Waals surface area (Å²) < 4.78 is 0. The maximum absolute atomic E-state index is 4.57. The first-order chi connectivity index (χ1) is 4.85. The molecule has 0 atom stereocenters. The van der Waals surface area contributed by atoms with Gasteiger partial charge in [0, 0.05) is 12.0 Å². The van der Waals surface area contributed by atoms with Gasteiger partial charge in [0.05, 0.1) is 11.4 Å². The van der Waals surface area contributed by atoms with Crippen molar-refractivity contribution in [1.82, 2.24) is 5.32 Å². The molecule has 2 heteroatoms. The summed E-state index contributed by atoms with van der Waals surface area (Å²) in [5, 5.41) is 3.28. The van der Waals surface area contributed by atoms with Crippen LogP contribution in [0.2, 0.25) is 0 Å². The maximum atomic E-state index is 4.57. The van der Waals surface area contributed by atoms with Crippen LogP contribution in [0.4, 0.5) is 0 Å². The van der Waals surface area contributed by atoms with Gasteiger partial charge < -0.3 is 5.32 Å². The number of aliphatic imine (C=N–C) groups is 1. The van der Waals surface area contributed by atoms with Crippen molar-refractivity contribution in [2.75, 3.05) is 6.54 Å². The van der Waals surface area contributed by atoms with Crippen LogP contribution >= 0.6 is 0 Å². The summed E-state index contributed by atoms with van der Waals surface area (Å²) in [5.41, 5.74) is 0.328. The van der Waals surface area contributed by atoms with E-state index in [9.17, 15) is 0 Å². The van der Waals surface area contributed by atoms with E-state index in [-0.39, 0.29) is 11.0 Å². The molecule has 0 bridgehead atoms. The van der Waals surface area contributed by atoms with Gasteiger partial charge in [-0.05, 0) is 20.8 Å². The minimum atomic E-state index is 0.0718. The molecule has 0 saturated heterocycles. The first-order valence-corrected chi connectivity index (χ1v) is 4.15. The highest BCUT2D eigenvalue weighted by Gasteiger charge is 2.39. The highest BCUT2D eigenvalue weighted by Crippen LogP contribution is 2.35. The topological polar surface area (TPSA) is 24.4 Å². The molecule has 0 fully saturated rings. The second-order valence-electron chi connectivity index (χ2n) is 4.49. The van der Waals surface area contributed by atoms with Gasteiger partial charge in [0.15, 0.2) is 0 Å². The van der Waals surface area contributed by atoms with Gasteiger partial charge in [-0.1, -0.05) is 13.8 Å². The largest absolute Gasteiger partial charge is 0.373 e. The van der Waals surface area contributed by atoms with Crippen LogP contribution in [-0.4, -0.2) is 17.9 Å². The molecule has 0 unspecified atom stereocenters. The lowest BCUT2D eigenvalue weighted by atomic mass is 9.74. The lowest BCUT2D eigenvalue weighted by molar-refractivity contribution is 0.194. The zero-order valence-corrected chi connectivity index (χ0v) is 8.15. The van der Waals surface area contributed by atoms with Gasteiger partial charge in [0.25, 0.3) is 0 Å². The van der Waals surface area contributed by atoms with Crippen molar-refractivity contribution < 1.29 is 0 Å². The number of amidine groups is 1.